The summed E-state index contributed by atoms with van der Waals surface area (Å²) in [5.41, 5.74) is 8.06. The van der Waals surface area contributed by atoms with Gasteiger partial charge in [0.25, 0.3) is 0 Å². The van der Waals surface area contributed by atoms with Crippen molar-refractivity contribution < 1.29 is 9.13 Å². The monoisotopic (exact) mass is 246 g/mol. The van der Waals surface area contributed by atoms with Gasteiger partial charge in [0.05, 0.1) is 5.69 Å². The Morgan fingerprint density at radius 1 is 1.28 bits per heavy atom. The minimum atomic E-state index is -0.281. The van der Waals surface area contributed by atoms with Gasteiger partial charge in [-0.3, -0.25) is 4.98 Å². The van der Waals surface area contributed by atoms with Crippen LogP contribution in [0.3, 0.4) is 0 Å². The van der Waals surface area contributed by atoms with Gasteiger partial charge in [-0.1, -0.05) is 6.07 Å². The van der Waals surface area contributed by atoms with Crippen molar-refractivity contribution in [3.8, 4) is 5.75 Å². The topological polar surface area (TPSA) is 48.1 Å². The lowest BCUT2D eigenvalue weighted by Gasteiger charge is -2.11. The van der Waals surface area contributed by atoms with Crippen molar-refractivity contribution in [2.45, 2.75) is 20.1 Å². The summed E-state index contributed by atoms with van der Waals surface area (Å²) in [7, 11) is 0. The highest BCUT2D eigenvalue weighted by Gasteiger charge is 2.05. The van der Waals surface area contributed by atoms with Crippen LogP contribution in [0.25, 0.3) is 0 Å². The average Bonchev–Trinajstić information content (AvgIpc) is 2.39. The standard InChI is InChI=1S/C14H15FN2O/c1-10-14(3-2-6-17-10)18-9-11-4-5-13(15)7-12(11)8-16/h2-7H,8-9,16H2,1H3. The van der Waals surface area contributed by atoms with Crippen LogP contribution >= 0.6 is 0 Å². The van der Waals surface area contributed by atoms with E-state index in [1.807, 2.05) is 19.1 Å². The van der Waals surface area contributed by atoms with Crippen molar-refractivity contribution in [2.24, 2.45) is 5.73 Å². The fraction of sp³-hybridized carbons (Fsp3) is 0.214. The first-order valence-corrected chi connectivity index (χ1v) is 5.72. The van der Waals surface area contributed by atoms with Gasteiger partial charge < -0.3 is 10.5 Å². The van der Waals surface area contributed by atoms with Crippen molar-refractivity contribution in [1.29, 1.82) is 0 Å². The Morgan fingerprint density at radius 3 is 2.83 bits per heavy atom. The van der Waals surface area contributed by atoms with Crippen molar-refractivity contribution >= 4 is 0 Å². The van der Waals surface area contributed by atoms with Gasteiger partial charge in [-0.2, -0.15) is 0 Å². The van der Waals surface area contributed by atoms with E-state index in [1.165, 1.54) is 12.1 Å². The van der Waals surface area contributed by atoms with Crippen molar-refractivity contribution in [1.82, 2.24) is 4.98 Å². The molecule has 0 radical (unpaired) electrons. The Balaban J connectivity index is 2.13. The second-order valence-electron chi connectivity index (χ2n) is 3.99. The number of aromatic nitrogens is 1. The SMILES string of the molecule is Cc1ncccc1OCc1ccc(F)cc1CN. The van der Waals surface area contributed by atoms with Crippen molar-refractivity contribution in [2.75, 3.05) is 0 Å². The number of rotatable bonds is 4. The Morgan fingerprint density at radius 2 is 2.11 bits per heavy atom. The molecule has 0 spiro atoms. The summed E-state index contributed by atoms with van der Waals surface area (Å²) in [5.74, 6) is 0.446. The molecule has 0 aliphatic carbocycles. The zero-order valence-electron chi connectivity index (χ0n) is 10.2. The first kappa shape index (κ1) is 12.5. The van der Waals surface area contributed by atoms with Gasteiger partial charge in [0.15, 0.2) is 0 Å². The normalized spacial score (nSPS) is 10.4. The molecule has 0 amide bonds. The molecule has 0 bridgehead atoms. The molecule has 0 aliphatic heterocycles. The van der Waals surface area contributed by atoms with Crippen LogP contribution in [0, 0.1) is 12.7 Å². The molecule has 0 unspecified atom stereocenters. The quantitative estimate of drug-likeness (QED) is 0.902. The molecule has 1 aromatic carbocycles. The Labute approximate surface area is 105 Å². The molecular weight excluding hydrogens is 231 g/mol. The van der Waals surface area contributed by atoms with Crippen molar-refractivity contribution in [3.63, 3.8) is 0 Å². The van der Waals surface area contributed by atoms with Crippen LogP contribution in [-0.2, 0) is 13.2 Å². The number of nitrogens with zero attached hydrogens (tertiary/aromatic N) is 1. The number of ether oxygens (including phenoxy) is 1. The van der Waals surface area contributed by atoms with Gasteiger partial charge in [0.1, 0.15) is 18.2 Å². The molecule has 1 heterocycles. The Kier molecular flexibility index (Phi) is 3.89. The maximum Gasteiger partial charge on any atom is 0.141 e. The third kappa shape index (κ3) is 2.84. The summed E-state index contributed by atoms with van der Waals surface area (Å²) in [6, 6.07) is 8.22. The molecule has 0 aliphatic rings. The maximum absolute atomic E-state index is 13.1. The molecule has 2 N–H and O–H groups in total. The lowest BCUT2D eigenvalue weighted by atomic mass is 10.1. The number of hydrogen-bond acceptors (Lipinski definition) is 3. The molecule has 1 aromatic heterocycles. The molecule has 0 saturated heterocycles. The largest absolute Gasteiger partial charge is 0.487 e. The minimum absolute atomic E-state index is 0.281. The van der Waals surface area contributed by atoms with E-state index >= 15 is 0 Å². The highest BCUT2D eigenvalue weighted by atomic mass is 19.1. The van der Waals surface area contributed by atoms with E-state index in [-0.39, 0.29) is 5.82 Å². The maximum atomic E-state index is 13.1. The van der Waals surface area contributed by atoms with E-state index in [0.29, 0.717) is 13.2 Å². The van der Waals surface area contributed by atoms with E-state index in [2.05, 4.69) is 4.98 Å². The van der Waals surface area contributed by atoms with Crippen LogP contribution in [0.5, 0.6) is 5.75 Å². The minimum Gasteiger partial charge on any atom is -0.487 e. The highest BCUT2D eigenvalue weighted by molar-refractivity contribution is 5.29. The van der Waals surface area contributed by atoms with Crippen LogP contribution < -0.4 is 10.5 Å². The second kappa shape index (κ2) is 5.60. The predicted molar refractivity (Wildman–Crippen MR) is 67.6 cm³/mol. The fourth-order valence-corrected chi connectivity index (χ4v) is 1.70. The van der Waals surface area contributed by atoms with Crippen LogP contribution in [-0.4, -0.2) is 4.98 Å². The number of halogens is 1. The first-order valence-electron chi connectivity index (χ1n) is 5.72. The number of aryl methyl sites for hydroxylation is 1. The predicted octanol–water partition coefficient (Wildman–Crippen LogP) is 2.57. The molecule has 3 nitrogen and oxygen atoms in total. The van der Waals surface area contributed by atoms with Crippen LogP contribution in [0.15, 0.2) is 36.5 Å². The number of pyridine rings is 1. The summed E-state index contributed by atoms with van der Waals surface area (Å²) >= 11 is 0. The summed E-state index contributed by atoms with van der Waals surface area (Å²) < 4.78 is 18.7. The summed E-state index contributed by atoms with van der Waals surface area (Å²) in [4.78, 5) is 4.14. The van der Waals surface area contributed by atoms with Gasteiger partial charge in [0.2, 0.25) is 0 Å². The lowest BCUT2D eigenvalue weighted by Crippen LogP contribution is -2.06. The lowest BCUT2D eigenvalue weighted by molar-refractivity contribution is 0.301. The van der Waals surface area contributed by atoms with Crippen LogP contribution in [0.2, 0.25) is 0 Å². The average molecular weight is 246 g/mol. The third-order valence-electron chi connectivity index (χ3n) is 2.73. The number of benzene rings is 1. The molecule has 4 heteroatoms. The van der Waals surface area contributed by atoms with Gasteiger partial charge in [-0.05, 0) is 42.3 Å². The third-order valence-corrected chi connectivity index (χ3v) is 2.73. The van der Waals surface area contributed by atoms with Gasteiger partial charge in [-0.15, -0.1) is 0 Å². The summed E-state index contributed by atoms with van der Waals surface area (Å²) in [5, 5.41) is 0. The van der Waals surface area contributed by atoms with Gasteiger partial charge in [-0.25, -0.2) is 4.39 Å². The van der Waals surface area contributed by atoms with Crippen LogP contribution in [0.1, 0.15) is 16.8 Å². The van der Waals surface area contributed by atoms with E-state index in [0.717, 1.165) is 22.6 Å². The smallest absolute Gasteiger partial charge is 0.141 e. The molecule has 94 valence electrons. The molecule has 18 heavy (non-hydrogen) atoms. The Hall–Kier alpha value is -1.94. The number of nitrogens with two attached hydrogens (primary N) is 1. The molecule has 0 fully saturated rings. The Bertz CT molecular complexity index is 543. The van der Waals surface area contributed by atoms with E-state index in [9.17, 15) is 4.39 Å². The van der Waals surface area contributed by atoms with E-state index in [1.54, 1.807) is 12.3 Å². The zero-order chi connectivity index (χ0) is 13.0. The van der Waals surface area contributed by atoms with Gasteiger partial charge in [0, 0.05) is 12.7 Å². The summed E-state index contributed by atoms with van der Waals surface area (Å²) in [6.07, 6.45) is 1.71. The molecule has 2 aromatic rings. The first-order chi connectivity index (χ1) is 8.70. The van der Waals surface area contributed by atoms with Crippen LogP contribution in [0.4, 0.5) is 4.39 Å². The zero-order valence-corrected chi connectivity index (χ0v) is 10.2. The van der Waals surface area contributed by atoms with E-state index in [4.69, 9.17) is 10.5 Å². The van der Waals surface area contributed by atoms with Gasteiger partial charge >= 0.3 is 0 Å². The molecular formula is C14H15FN2O. The number of hydrogen-bond donors (Lipinski definition) is 1. The van der Waals surface area contributed by atoms with E-state index < -0.39 is 0 Å². The molecule has 0 saturated carbocycles. The fourth-order valence-electron chi connectivity index (χ4n) is 1.70. The second-order valence-corrected chi connectivity index (χ2v) is 3.99. The molecule has 0 atom stereocenters. The highest BCUT2D eigenvalue weighted by Crippen LogP contribution is 2.18. The molecule has 2 rings (SSSR count). The van der Waals surface area contributed by atoms with Crippen molar-refractivity contribution in [3.05, 3.63) is 59.2 Å². The summed E-state index contributed by atoms with van der Waals surface area (Å²) in [6.45, 7) is 2.53.